The molecule has 0 spiro atoms. The maximum absolute atomic E-state index is 12.0. The number of hydrogen-bond acceptors (Lipinski definition) is 3. The Bertz CT molecular complexity index is 331. The van der Waals surface area contributed by atoms with E-state index in [4.69, 9.17) is 0 Å². The number of amides is 1. The largest absolute Gasteiger partial charge is 0.335 e. The molecule has 0 unspecified atom stereocenters. The Morgan fingerprint density at radius 1 is 1.27 bits per heavy atom. The molecule has 0 aromatic carbocycles. The standard InChI is InChI=1S/C11H15N3O/c1-13-6-8-14(9-7-13)11(15)10-4-2-3-5-12-10/h2-5H,6-9H2,1H3. The number of rotatable bonds is 1. The van der Waals surface area contributed by atoms with Crippen molar-refractivity contribution in [3.63, 3.8) is 0 Å². The van der Waals surface area contributed by atoms with Crippen molar-refractivity contribution in [1.82, 2.24) is 14.8 Å². The van der Waals surface area contributed by atoms with Crippen LogP contribution in [0.1, 0.15) is 10.5 Å². The first kappa shape index (κ1) is 10.1. The van der Waals surface area contributed by atoms with Crippen molar-refractivity contribution in [2.24, 2.45) is 0 Å². The van der Waals surface area contributed by atoms with Gasteiger partial charge in [0.05, 0.1) is 0 Å². The van der Waals surface area contributed by atoms with Gasteiger partial charge in [-0.2, -0.15) is 0 Å². The van der Waals surface area contributed by atoms with E-state index in [0.29, 0.717) is 5.69 Å². The zero-order chi connectivity index (χ0) is 10.7. The summed E-state index contributed by atoms with van der Waals surface area (Å²) in [6.45, 7) is 3.48. The number of nitrogens with zero attached hydrogens (tertiary/aromatic N) is 3. The van der Waals surface area contributed by atoms with Gasteiger partial charge >= 0.3 is 0 Å². The van der Waals surface area contributed by atoms with Crippen LogP contribution >= 0.6 is 0 Å². The minimum Gasteiger partial charge on any atom is -0.335 e. The minimum absolute atomic E-state index is 0.0451. The first-order valence-electron chi connectivity index (χ1n) is 5.16. The smallest absolute Gasteiger partial charge is 0.272 e. The average Bonchev–Trinajstić information content (AvgIpc) is 2.30. The quantitative estimate of drug-likeness (QED) is 0.668. The van der Waals surface area contributed by atoms with Crippen LogP contribution in [0.3, 0.4) is 0 Å². The maximum atomic E-state index is 12.0. The summed E-state index contributed by atoms with van der Waals surface area (Å²) in [6.07, 6.45) is 1.66. The van der Waals surface area contributed by atoms with Crippen LogP contribution in [0.2, 0.25) is 0 Å². The fraction of sp³-hybridized carbons (Fsp3) is 0.455. The van der Waals surface area contributed by atoms with Gasteiger partial charge in [0, 0.05) is 32.4 Å². The van der Waals surface area contributed by atoms with E-state index in [2.05, 4.69) is 16.9 Å². The van der Waals surface area contributed by atoms with Crippen LogP contribution in [0.4, 0.5) is 0 Å². The van der Waals surface area contributed by atoms with Gasteiger partial charge in [-0.25, -0.2) is 0 Å². The lowest BCUT2D eigenvalue weighted by molar-refractivity contribution is 0.0658. The van der Waals surface area contributed by atoms with E-state index in [1.54, 1.807) is 12.3 Å². The van der Waals surface area contributed by atoms with E-state index in [1.807, 2.05) is 17.0 Å². The highest BCUT2D eigenvalue weighted by atomic mass is 16.2. The summed E-state index contributed by atoms with van der Waals surface area (Å²) >= 11 is 0. The molecule has 4 heteroatoms. The molecule has 1 aromatic heterocycles. The molecule has 1 amide bonds. The minimum atomic E-state index is 0.0451. The molecule has 1 aliphatic heterocycles. The summed E-state index contributed by atoms with van der Waals surface area (Å²) in [5.41, 5.74) is 0.544. The number of carbonyl (C=O) groups excluding carboxylic acids is 1. The third-order valence-electron chi connectivity index (χ3n) is 2.67. The molecular formula is C11H15N3O. The molecular weight excluding hydrogens is 190 g/mol. The van der Waals surface area contributed by atoms with Gasteiger partial charge in [-0.15, -0.1) is 0 Å². The van der Waals surface area contributed by atoms with Gasteiger partial charge in [-0.05, 0) is 19.2 Å². The zero-order valence-electron chi connectivity index (χ0n) is 8.89. The van der Waals surface area contributed by atoms with Crippen molar-refractivity contribution in [2.45, 2.75) is 0 Å². The molecule has 0 radical (unpaired) electrons. The normalized spacial score (nSPS) is 17.8. The van der Waals surface area contributed by atoms with Crippen LogP contribution in [-0.4, -0.2) is 53.9 Å². The van der Waals surface area contributed by atoms with E-state index in [1.165, 1.54) is 0 Å². The fourth-order valence-corrected chi connectivity index (χ4v) is 1.66. The van der Waals surface area contributed by atoms with Crippen molar-refractivity contribution in [1.29, 1.82) is 0 Å². The number of hydrogen-bond donors (Lipinski definition) is 0. The summed E-state index contributed by atoms with van der Waals surface area (Å²) in [7, 11) is 2.07. The summed E-state index contributed by atoms with van der Waals surface area (Å²) in [5, 5.41) is 0. The molecule has 0 atom stereocenters. The molecule has 1 saturated heterocycles. The molecule has 0 N–H and O–H groups in total. The van der Waals surface area contributed by atoms with Gasteiger partial charge in [0.1, 0.15) is 5.69 Å². The number of aromatic nitrogens is 1. The lowest BCUT2D eigenvalue weighted by Gasteiger charge is -2.32. The fourth-order valence-electron chi connectivity index (χ4n) is 1.66. The van der Waals surface area contributed by atoms with Gasteiger partial charge in [0.15, 0.2) is 0 Å². The Kier molecular flexibility index (Phi) is 2.97. The molecule has 80 valence electrons. The van der Waals surface area contributed by atoms with Crippen LogP contribution in [0.25, 0.3) is 0 Å². The Labute approximate surface area is 89.5 Å². The molecule has 2 rings (SSSR count). The Morgan fingerprint density at radius 2 is 2.00 bits per heavy atom. The second kappa shape index (κ2) is 4.40. The number of likely N-dealkylation sites (N-methyl/N-ethyl adjacent to an activating group) is 1. The van der Waals surface area contributed by atoms with E-state index in [0.717, 1.165) is 26.2 Å². The van der Waals surface area contributed by atoms with E-state index >= 15 is 0 Å². The molecule has 1 fully saturated rings. The Hall–Kier alpha value is -1.42. The lowest BCUT2D eigenvalue weighted by atomic mass is 10.2. The first-order valence-corrected chi connectivity index (χ1v) is 5.16. The number of piperazine rings is 1. The summed E-state index contributed by atoms with van der Waals surface area (Å²) in [6, 6.07) is 5.43. The molecule has 0 bridgehead atoms. The van der Waals surface area contributed by atoms with Gasteiger partial charge in [0.2, 0.25) is 0 Å². The molecule has 0 saturated carbocycles. The summed E-state index contributed by atoms with van der Waals surface area (Å²) in [4.78, 5) is 20.1. The van der Waals surface area contributed by atoms with Gasteiger partial charge < -0.3 is 9.80 Å². The molecule has 4 nitrogen and oxygen atoms in total. The summed E-state index contributed by atoms with van der Waals surface area (Å²) in [5.74, 6) is 0.0451. The molecule has 1 aromatic rings. The Morgan fingerprint density at radius 3 is 2.60 bits per heavy atom. The van der Waals surface area contributed by atoms with Gasteiger partial charge in [-0.1, -0.05) is 6.07 Å². The second-order valence-electron chi connectivity index (χ2n) is 3.81. The van der Waals surface area contributed by atoms with Crippen LogP contribution in [0, 0.1) is 0 Å². The highest BCUT2D eigenvalue weighted by Crippen LogP contribution is 2.05. The van der Waals surface area contributed by atoms with Crippen LogP contribution in [0.15, 0.2) is 24.4 Å². The second-order valence-corrected chi connectivity index (χ2v) is 3.81. The molecule has 15 heavy (non-hydrogen) atoms. The Balaban J connectivity index is 2.03. The summed E-state index contributed by atoms with van der Waals surface area (Å²) < 4.78 is 0. The van der Waals surface area contributed by atoms with Gasteiger partial charge in [-0.3, -0.25) is 9.78 Å². The number of carbonyl (C=O) groups is 1. The van der Waals surface area contributed by atoms with Crippen molar-refractivity contribution >= 4 is 5.91 Å². The number of pyridine rings is 1. The third-order valence-corrected chi connectivity index (χ3v) is 2.67. The van der Waals surface area contributed by atoms with Crippen LogP contribution in [0.5, 0.6) is 0 Å². The van der Waals surface area contributed by atoms with Crippen molar-refractivity contribution < 1.29 is 4.79 Å². The zero-order valence-corrected chi connectivity index (χ0v) is 8.89. The molecule has 1 aliphatic rings. The highest BCUT2D eigenvalue weighted by Gasteiger charge is 2.20. The van der Waals surface area contributed by atoms with E-state index in [-0.39, 0.29) is 5.91 Å². The average molecular weight is 205 g/mol. The topological polar surface area (TPSA) is 36.4 Å². The first-order chi connectivity index (χ1) is 7.27. The van der Waals surface area contributed by atoms with Crippen molar-refractivity contribution in [2.75, 3.05) is 33.2 Å². The van der Waals surface area contributed by atoms with Crippen LogP contribution in [-0.2, 0) is 0 Å². The predicted molar refractivity (Wildman–Crippen MR) is 57.6 cm³/mol. The van der Waals surface area contributed by atoms with Crippen LogP contribution < -0.4 is 0 Å². The van der Waals surface area contributed by atoms with E-state index in [9.17, 15) is 4.79 Å². The van der Waals surface area contributed by atoms with Crippen molar-refractivity contribution in [3.8, 4) is 0 Å². The van der Waals surface area contributed by atoms with Crippen molar-refractivity contribution in [3.05, 3.63) is 30.1 Å². The lowest BCUT2D eigenvalue weighted by Crippen LogP contribution is -2.47. The maximum Gasteiger partial charge on any atom is 0.272 e. The molecule has 2 heterocycles. The van der Waals surface area contributed by atoms with E-state index < -0.39 is 0 Å². The third kappa shape index (κ3) is 2.33. The SMILES string of the molecule is CN1CCN(C(=O)c2ccccn2)CC1. The highest BCUT2D eigenvalue weighted by molar-refractivity contribution is 5.92. The predicted octanol–water partition coefficient (Wildman–Crippen LogP) is 0.469. The molecule has 0 aliphatic carbocycles. The van der Waals surface area contributed by atoms with Gasteiger partial charge in [0.25, 0.3) is 5.91 Å². The monoisotopic (exact) mass is 205 g/mol.